The van der Waals surface area contributed by atoms with Crippen LogP contribution in [-0.4, -0.2) is 7.11 Å². The predicted molar refractivity (Wildman–Crippen MR) is 84.7 cm³/mol. The van der Waals surface area contributed by atoms with Crippen molar-refractivity contribution in [2.24, 2.45) is 5.73 Å². The highest BCUT2D eigenvalue weighted by atomic mass is 35.5. The highest BCUT2D eigenvalue weighted by Crippen LogP contribution is 2.34. The summed E-state index contributed by atoms with van der Waals surface area (Å²) in [5.74, 6) is 0.828. The van der Waals surface area contributed by atoms with E-state index >= 15 is 0 Å². The maximum atomic E-state index is 6.47. The molecule has 0 fully saturated rings. The number of halogens is 1. The third-order valence-corrected chi connectivity index (χ3v) is 4.08. The van der Waals surface area contributed by atoms with E-state index in [4.69, 9.17) is 22.1 Å². The molecular formula is C17H20ClNO. The molecule has 0 saturated carbocycles. The first-order valence-corrected chi connectivity index (χ1v) is 6.99. The first-order valence-electron chi connectivity index (χ1n) is 6.61. The summed E-state index contributed by atoms with van der Waals surface area (Å²) in [5, 5.41) is 0.738. The lowest BCUT2D eigenvalue weighted by atomic mass is 9.91. The first-order chi connectivity index (χ1) is 9.45. The number of ether oxygens (including phenoxy) is 1. The number of rotatable bonds is 3. The molecule has 2 N–H and O–H groups in total. The van der Waals surface area contributed by atoms with Crippen molar-refractivity contribution in [3.8, 4) is 5.75 Å². The van der Waals surface area contributed by atoms with Gasteiger partial charge >= 0.3 is 0 Å². The third kappa shape index (κ3) is 2.67. The zero-order chi connectivity index (χ0) is 14.9. The minimum Gasteiger partial charge on any atom is -0.496 e. The highest BCUT2D eigenvalue weighted by Gasteiger charge is 2.19. The van der Waals surface area contributed by atoms with E-state index in [-0.39, 0.29) is 6.04 Å². The van der Waals surface area contributed by atoms with Crippen LogP contribution >= 0.6 is 11.6 Å². The van der Waals surface area contributed by atoms with Crippen LogP contribution in [0.4, 0.5) is 0 Å². The van der Waals surface area contributed by atoms with E-state index in [1.54, 1.807) is 7.11 Å². The van der Waals surface area contributed by atoms with Crippen molar-refractivity contribution in [1.29, 1.82) is 0 Å². The van der Waals surface area contributed by atoms with Crippen molar-refractivity contribution >= 4 is 11.6 Å². The second-order valence-corrected chi connectivity index (χ2v) is 5.54. The number of benzene rings is 2. The van der Waals surface area contributed by atoms with Gasteiger partial charge in [0.05, 0.1) is 13.2 Å². The van der Waals surface area contributed by atoms with E-state index < -0.39 is 0 Å². The molecule has 0 radical (unpaired) electrons. The fourth-order valence-corrected chi connectivity index (χ4v) is 2.81. The summed E-state index contributed by atoms with van der Waals surface area (Å²) in [6, 6.07) is 9.72. The molecule has 2 aromatic carbocycles. The van der Waals surface area contributed by atoms with Gasteiger partial charge in [-0.1, -0.05) is 29.8 Å². The largest absolute Gasteiger partial charge is 0.496 e. The molecule has 0 aromatic heterocycles. The molecule has 0 bridgehead atoms. The summed E-state index contributed by atoms with van der Waals surface area (Å²) in [4.78, 5) is 0. The summed E-state index contributed by atoms with van der Waals surface area (Å²) in [5.41, 5.74) is 11.8. The van der Waals surface area contributed by atoms with Crippen molar-refractivity contribution in [3.05, 3.63) is 63.2 Å². The molecule has 0 aliphatic heterocycles. The molecule has 1 unspecified atom stereocenters. The SMILES string of the molecule is COc1cc(C)cc(C)c1C(N)c1cccc(Cl)c1C. The minimum absolute atomic E-state index is 0.246. The van der Waals surface area contributed by atoms with Crippen molar-refractivity contribution in [3.63, 3.8) is 0 Å². The Balaban J connectivity index is 2.59. The molecule has 0 heterocycles. The highest BCUT2D eigenvalue weighted by molar-refractivity contribution is 6.31. The van der Waals surface area contributed by atoms with E-state index in [2.05, 4.69) is 19.9 Å². The molecule has 2 nitrogen and oxygen atoms in total. The lowest BCUT2D eigenvalue weighted by Crippen LogP contribution is -2.16. The van der Waals surface area contributed by atoms with Crippen LogP contribution < -0.4 is 10.5 Å². The van der Waals surface area contributed by atoms with Crippen molar-refractivity contribution in [2.45, 2.75) is 26.8 Å². The lowest BCUT2D eigenvalue weighted by Gasteiger charge is -2.21. The van der Waals surface area contributed by atoms with E-state index in [9.17, 15) is 0 Å². The average molecular weight is 290 g/mol. The van der Waals surface area contributed by atoms with Gasteiger partial charge in [0.25, 0.3) is 0 Å². The summed E-state index contributed by atoms with van der Waals surface area (Å²) in [6.45, 7) is 6.10. The monoisotopic (exact) mass is 289 g/mol. The van der Waals surface area contributed by atoms with Crippen LogP contribution in [0.2, 0.25) is 5.02 Å². The molecule has 106 valence electrons. The molecule has 0 aliphatic rings. The van der Waals surface area contributed by atoms with Crippen LogP contribution in [0.1, 0.15) is 33.9 Å². The van der Waals surface area contributed by atoms with Gasteiger partial charge < -0.3 is 10.5 Å². The zero-order valence-corrected chi connectivity index (χ0v) is 13.1. The van der Waals surface area contributed by atoms with Gasteiger partial charge in [-0.2, -0.15) is 0 Å². The normalized spacial score (nSPS) is 12.3. The third-order valence-electron chi connectivity index (χ3n) is 3.67. The summed E-state index contributed by atoms with van der Waals surface area (Å²) < 4.78 is 5.51. The Morgan fingerprint density at radius 3 is 2.50 bits per heavy atom. The van der Waals surface area contributed by atoms with Crippen LogP contribution in [0.3, 0.4) is 0 Å². The summed E-state index contributed by atoms with van der Waals surface area (Å²) in [7, 11) is 1.68. The number of nitrogens with two attached hydrogens (primary N) is 1. The van der Waals surface area contributed by atoms with Crippen molar-refractivity contribution < 1.29 is 4.74 Å². The quantitative estimate of drug-likeness (QED) is 0.913. The standard InChI is InChI=1S/C17H20ClNO/c1-10-8-11(2)16(15(9-10)20-4)17(19)13-6-5-7-14(18)12(13)3/h5-9,17H,19H2,1-4H3. The van der Waals surface area contributed by atoms with Gasteiger partial charge in [-0.3, -0.25) is 0 Å². The van der Waals surface area contributed by atoms with Gasteiger partial charge in [-0.15, -0.1) is 0 Å². The van der Waals surface area contributed by atoms with Crippen molar-refractivity contribution in [2.75, 3.05) is 7.11 Å². The average Bonchev–Trinajstić information content (AvgIpc) is 2.40. The molecule has 20 heavy (non-hydrogen) atoms. The number of hydrogen-bond acceptors (Lipinski definition) is 2. The Bertz CT molecular complexity index is 637. The second-order valence-electron chi connectivity index (χ2n) is 5.13. The van der Waals surface area contributed by atoms with Gasteiger partial charge in [-0.05, 0) is 55.2 Å². The minimum atomic E-state index is -0.246. The van der Waals surface area contributed by atoms with Gasteiger partial charge in [0, 0.05) is 10.6 Å². The van der Waals surface area contributed by atoms with Crippen LogP contribution in [0.5, 0.6) is 5.75 Å². The van der Waals surface area contributed by atoms with E-state index in [0.29, 0.717) is 0 Å². The number of methoxy groups -OCH3 is 1. The van der Waals surface area contributed by atoms with E-state index in [0.717, 1.165) is 38.6 Å². The van der Waals surface area contributed by atoms with Crippen LogP contribution in [0.25, 0.3) is 0 Å². The molecular weight excluding hydrogens is 270 g/mol. The van der Waals surface area contributed by atoms with Gasteiger partial charge in [0.1, 0.15) is 5.75 Å². The maximum Gasteiger partial charge on any atom is 0.124 e. The Kier molecular flexibility index (Phi) is 4.36. The van der Waals surface area contributed by atoms with Crippen LogP contribution in [-0.2, 0) is 0 Å². The molecule has 3 heteroatoms. The molecule has 0 saturated heterocycles. The van der Waals surface area contributed by atoms with Crippen LogP contribution in [0.15, 0.2) is 30.3 Å². The molecule has 1 atom stereocenters. The Hall–Kier alpha value is -1.51. The molecule has 2 aromatic rings. The fourth-order valence-electron chi connectivity index (χ4n) is 2.62. The van der Waals surface area contributed by atoms with Gasteiger partial charge in [-0.25, -0.2) is 0 Å². The Labute approximate surface area is 125 Å². The summed E-state index contributed by atoms with van der Waals surface area (Å²) in [6.07, 6.45) is 0. The Morgan fingerprint density at radius 2 is 1.85 bits per heavy atom. The summed E-state index contributed by atoms with van der Waals surface area (Å²) >= 11 is 6.20. The topological polar surface area (TPSA) is 35.2 Å². The fraction of sp³-hybridized carbons (Fsp3) is 0.294. The first kappa shape index (κ1) is 14.9. The van der Waals surface area contributed by atoms with E-state index in [1.165, 1.54) is 0 Å². The zero-order valence-electron chi connectivity index (χ0n) is 12.3. The van der Waals surface area contributed by atoms with Gasteiger partial charge in [0.15, 0.2) is 0 Å². The maximum absolute atomic E-state index is 6.47. The van der Waals surface area contributed by atoms with Gasteiger partial charge in [0.2, 0.25) is 0 Å². The number of hydrogen-bond donors (Lipinski definition) is 1. The smallest absolute Gasteiger partial charge is 0.124 e. The predicted octanol–water partition coefficient (Wildman–Crippen LogP) is 4.32. The Morgan fingerprint density at radius 1 is 1.15 bits per heavy atom. The second kappa shape index (κ2) is 5.86. The van der Waals surface area contributed by atoms with Crippen molar-refractivity contribution in [1.82, 2.24) is 0 Å². The molecule has 0 spiro atoms. The van der Waals surface area contributed by atoms with Crippen LogP contribution in [0, 0.1) is 20.8 Å². The molecule has 2 rings (SSSR count). The molecule has 0 amide bonds. The molecule has 0 aliphatic carbocycles. The lowest BCUT2D eigenvalue weighted by molar-refractivity contribution is 0.407. The number of aryl methyl sites for hydroxylation is 2. The van der Waals surface area contributed by atoms with E-state index in [1.807, 2.05) is 31.2 Å².